The molecule has 0 fully saturated rings. The van der Waals surface area contributed by atoms with Crippen LogP contribution >= 0.6 is 23.1 Å². The van der Waals surface area contributed by atoms with Gasteiger partial charge in [0.2, 0.25) is 5.82 Å². The van der Waals surface area contributed by atoms with E-state index in [2.05, 4.69) is 15.2 Å². The lowest BCUT2D eigenvalue weighted by atomic mass is 10.3. The van der Waals surface area contributed by atoms with Crippen molar-refractivity contribution in [2.75, 3.05) is 0 Å². The Morgan fingerprint density at radius 2 is 2.00 bits per heavy atom. The summed E-state index contributed by atoms with van der Waals surface area (Å²) in [5.41, 5.74) is 3.89. The van der Waals surface area contributed by atoms with Gasteiger partial charge in [0, 0.05) is 16.8 Å². The van der Waals surface area contributed by atoms with E-state index < -0.39 is 0 Å². The van der Waals surface area contributed by atoms with Crippen LogP contribution in [0.2, 0.25) is 0 Å². The molecular weight excluding hydrogens is 328 g/mol. The molecule has 0 spiro atoms. The summed E-state index contributed by atoms with van der Waals surface area (Å²) in [6.45, 7) is 0. The molecule has 114 valence electrons. The van der Waals surface area contributed by atoms with E-state index in [1.807, 2.05) is 57.9 Å². The van der Waals surface area contributed by atoms with E-state index in [4.69, 9.17) is 4.42 Å². The van der Waals surface area contributed by atoms with Gasteiger partial charge in [-0.3, -0.25) is 4.57 Å². The molecule has 23 heavy (non-hydrogen) atoms. The third kappa shape index (κ3) is 2.93. The molecule has 0 radical (unpaired) electrons. The van der Waals surface area contributed by atoms with Gasteiger partial charge >= 0.3 is 0 Å². The second-order valence-corrected chi connectivity index (χ2v) is 6.38. The zero-order valence-corrected chi connectivity index (χ0v) is 13.6. The molecular formula is C16H12N4OS2. The van der Waals surface area contributed by atoms with E-state index in [1.165, 1.54) is 0 Å². The van der Waals surface area contributed by atoms with Crippen molar-refractivity contribution in [3.05, 3.63) is 65.3 Å². The van der Waals surface area contributed by atoms with Crippen molar-refractivity contribution < 1.29 is 4.42 Å². The first-order valence-electron chi connectivity index (χ1n) is 6.96. The zero-order valence-electron chi connectivity index (χ0n) is 12.0. The van der Waals surface area contributed by atoms with E-state index in [9.17, 15) is 0 Å². The zero-order chi connectivity index (χ0) is 15.5. The lowest BCUT2D eigenvalue weighted by molar-refractivity contribution is 0.575. The predicted molar refractivity (Wildman–Crippen MR) is 90.7 cm³/mol. The predicted octanol–water partition coefficient (Wildman–Crippen LogP) is 4.28. The van der Waals surface area contributed by atoms with Gasteiger partial charge in [0.15, 0.2) is 10.9 Å². The van der Waals surface area contributed by atoms with E-state index in [-0.39, 0.29) is 0 Å². The third-order valence-corrected chi connectivity index (χ3v) is 4.82. The first-order valence-corrected chi connectivity index (χ1v) is 8.89. The maximum atomic E-state index is 5.50. The molecule has 5 nitrogen and oxygen atoms in total. The minimum atomic E-state index is 0.696. The van der Waals surface area contributed by atoms with Gasteiger partial charge in [0.05, 0.1) is 17.5 Å². The van der Waals surface area contributed by atoms with Crippen molar-refractivity contribution in [2.24, 2.45) is 0 Å². The van der Waals surface area contributed by atoms with Crippen LogP contribution in [0.25, 0.3) is 17.3 Å². The molecule has 0 amide bonds. The molecule has 3 aromatic heterocycles. The Balaban J connectivity index is 1.74. The van der Waals surface area contributed by atoms with Crippen LogP contribution in [-0.4, -0.2) is 19.7 Å². The average molecular weight is 340 g/mol. The average Bonchev–Trinajstić information content (AvgIpc) is 3.33. The van der Waals surface area contributed by atoms with Gasteiger partial charge < -0.3 is 4.42 Å². The lowest BCUT2D eigenvalue weighted by Crippen LogP contribution is -1.99. The van der Waals surface area contributed by atoms with Crippen molar-refractivity contribution in [3.8, 4) is 17.3 Å². The van der Waals surface area contributed by atoms with E-state index in [0.29, 0.717) is 11.6 Å². The summed E-state index contributed by atoms with van der Waals surface area (Å²) >= 11 is 3.21. The Morgan fingerprint density at radius 1 is 1.09 bits per heavy atom. The summed E-state index contributed by atoms with van der Waals surface area (Å²) in [7, 11) is 0. The lowest BCUT2D eigenvalue weighted by Gasteiger charge is -2.08. The fourth-order valence-electron chi connectivity index (χ4n) is 2.19. The summed E-state index contributed by atoms with van der Waals surface area (Å²) in [6, 6.07) is 13.8. The number of furan rings is 1. The number of nitrogens with zero attached hydrogens (tertiary/aromatic N) is 4. The summed E-state index contributed by atoms with van der Waals surface area (Å²) in [4.78, 5) is 4.31. The third-order valence-electron chi connectivity index (χ3n) is 3.22. The van der Waals surface area contributed by atoms with Crippen LogP contribution in [0.15, 0.2) is 69.2 Å². The van der Waals surface area contributed by atoms with Crippen LogP contribution in [0.5, 0.6) is 0 Å². The highest BCUT2D eigenvalue weighted by Gasteiger charge is 2.18. The number of benzene rings is 1. The van der Waals surface area contributed by atoms with Gasteiger partial charge in [-0.15, -0.1) is 21.5 Å². The van der Waals surface area contributed by atoms with E-state index in [0.717, 1.165) is 22.3 Å². The van der Waals surface area contributed by atoms with E-state index in [1.54, 1.807) is 29.4 Å². The fourth-order valence-corrected chi connectivity index (χ4v) is 3.70. The van der Waals surface area contributed by atoms with Crippen LogP contribution < -0.4 is 0 Å². The van der Waals surface area contributed by atoms with Gasteiger partial charge in [-0.1, -0.05) is 30.0 Å². The maximum Gasteiger partial charge on any atom is 0.205 e. The smallest absolute Gasteiger partial charge is 0.205 e. The van der Waals surface area contributed by atoms with Crippen molar-refractivity contribution in [1.29, 1.82) is 0 Å². The summed E-state index contributed by atoms with van der Waals surface area (Å²) in [5.74, 6) is 2.15. The van der Waals surface area contributed by atoms with Crippen LogP contribution in [0.3, 0.4) is 0 Å². The molecule has 3 heterocycles. The standard InChI is InChI=1S/C16H12N4OS2/c1-2-5-13(6-3-1)20-15(14-7-4-8-21-14)18-19-16(20)23-10-12-9-22-11-17-12/h1-9,11H,10H2. The quantitative estimate of drug-likeness (QED) is 0.508. The summed E-state index contributed by atoms with van der Waals surface area (Å²) in [5, 5.41) is 11.5. The highest BCUT2D eigenvalue weighted by atomic mass is 32.2. The second kappa shape index (κ2) is 6.39. The first-order chi connectivity index (χ1) is 11.4. The topological polar surface area (TPSA) is 56.7 Å². The molecule has 0 aliphatic rings. The highest BCUT2D eigenvalue weighted by Crippen LogP contribution is 2.29. The maximum absolute atomic E-state index is 5.50. The number of para-hydroxylation sites is 1. The van der Waals surface area contributed by atoms with Gasteiger partial charge in [-0.25, -0.2) is 4.98 Å². The normalized spacial score (nSPS) is 11.0. The molecule has 7 heteroatoms. The van der Waals surface area contributed by atoms with Gasteiger partial charge in [0.25, 0.3) is 0 Å². The first kappa shape index (κ1) is 14.2. The van der Waals surface area contributed by atoms with Crippen molar-refractivity contribution >= 4 is 23.1 Å². The van der Waals surface area contributed by atoms with Crippen molar-refractivity contribution in [1.82, 2.24) is 19.7 Å². The molecule has 0 aliphatic heterocycles. The summed E-state index contributed by atoms with van der Waals surface area (Å²) < 4.78 is 7.51. The fraction of sp³-hybridized carbons (Fsp3) is 0.0625. The molecule has 0 bridgehead atoms. The minimum Gasteiger partial charge on any atom is -0.461 e. The van der Waals surface area contributed by atoms with E-state index >= 15 is 0 Å². The highest BCUT2D eigenvalue weighted by molar-refractivity contribution is 7.98. The number of thiazole rings is 1. The Labute approximate surface area is 141 Å². The Hall–Kier alpha value is -2.38. The molecule has 0 N–H and O–H groups in total. The molecule has 4 aromatic rings. The number of hydrogen-bond acceptors (Lipinski definition) is 6. The molecule has 0 unspecified atom stereocenters. The van der Waals surface area contributed by atoms with Crippen molar-refractivity contribution in [3.63, 3.8) is 0 Å². The Kier molecular flexibility index (Phi) is 3.95. The number of rotatable bonds is 5. The molecule has 1 aromatic carbocycles. The number of thioether (sulfide) groups is 1. The van der Waals surface area contributed by atoms with Gasteiger partial charge in [-0.05, 0) is 24.3 Å². The van der Waals surface area contributed by atoms with Gasteiger partial charge in [-0.2, -0.15) is 0 Å². The molecule has 0 saturated carbocycles. The van der Waals surface area contributed by atoms with Crippen molar-refractivity contribution in [2.45, 2.75) is 10.9 Å². The van der Waals surface area contributed by atoms with Crippen LogP contribution in [-0.2, 0) is 5.75 Å². The molecule has 4 rings (SSSR count). The molecule has 0 atom stereocenters. The van der Waals surface area contributed by atoms with Gasteiger partial charge in [0.1, 0.15) is 0 Å². The SMILES string of the molecule is c1ccc(-n2c(SCc3cscn3)nnc2-c2ccco2)cc1. The molecule has 0 aliphatic carbocycles. The Morgan fingerprint density at radius 3 is 2.74 bits per heavy atom. The van der Waals surface area contributed by atoms with Crippen LogP contribution in [0, 0.1) is 0 Å². The Bertz CT molecular complexity index is 870. The minimum absolute atomic E-state index is 0.696. The van der Waals surface area contributed by atoms with Crippen LogP contribution in [0.1, 0.15) is 5.69 Å². The van der Waals surface area contributed by atoms with Crippen LogP contribution in [0.4, 0.5) is 0 Å². The number of hydrogen-bond donors (Lipinski definition) is 0. The number of aromatic nitrogens is 4. The largest absolute Gasteiger partial charge is 0.461 e. The second-order valence-electron chi connectivity index (χ2n) is 4.72. The monoisotopic (exact) mass is 340 g/mol. The molecule has 0 saturated heterocycles. The summed E-state index contributed by atoms with van der Waals surface area (Å²) in [6.07, 6.45) is 1.64.